The third-order valence-corrected chi connectivity index (χ3v) is 2.75. The van der Waals surface area contributed by atoms with Crippen LogP contribution in [0.25, 0.3) is 0 Å². The summed E-state index contributed by atoms with van der Waals surface area (Å²) >= 11 is 5.74. The van der Waals surface area contributed by atoms with E-state index in [1.807, 2.05) is 13.8 Å². The van der Waals surface area contributed by atoms with Crippen LogP contribution in [0.15, 0.2) is 29.4 Å². The van der Waals surface area contributed by atoms with Gasteiger partial charge in [-0.05, 0) is 31.5 Å². The molecular formula is C13H16ClN3O2. The van der Waals surface area contributed by atoms with E-state index in [0.717, 1.165) is 5.56 Å². The third-order valence-electron chi connectivity index (χ3n) is 2.49. The smallest absolute Gasteiger partial charge is 0.329 e. The zero-order valence-electron chi connectivity index (χ0n) is 10.9. The van der Waals surface area contributed by atoms with Crippen LogP contribution in [0.1, 0.15) is 19.4 Å². The van der Waals surface area contributed by atoms with Crippen molar-refractivity contribution in [3.05, 3.63) is 34.9 Å². The number of nitrogens with zero attached hydrogens (tertiary/aromatic N) is 2. The summed E-state index contributed by atoms with van der Waals surface area (Å²) in [6, 6.07) is 6.94. The maximum atomic E-state index is 11.6. The molecule has 0 bridgehead atoms. The largest absolute Gasteiger partial charge is 0.335 e. The lowest BCUT2D eigenvalue weighted by Crippen LogP contribution is -2.41. The molecular weight excluding hydrogens is 266 g/mol. The van der Waals surface area contributed by atoms with E-state index in [2.05, 4.69) is 10.5 Å². The average molecular weight is 282 g/mol. The molecule has 102 valence electrons. The number of benzene rings is 1. The number of hydrogen-bond donors (Lipinski definition) is 1. The highest BCUT2D eigenvalue weighted by Crippen LogP contribution is 2.07. The van der Waals surface area contributed by atoms with Crippen molar-refractivity contribution in [3.8, 4) is 0 Å². The molecule has 0 heterocycles. The van der Waals surface area contributed by atoms with Gasteiger partial charge in [0.15, 0.2) is 0 Å². The molecule has 0 fully saturated rings. The second-order valence-corrected chi connectivity index (χ2v) is 4.16. The van der Waals surface area contributed by atoms with Gasteiger partial charge in [0.2, 0.25) is 0 Å². The summed E-state index contributed by atoms with van der Waals surface area (Å²) in [6.45, 7) is 4.60. The maximum Gasteiger partial charge on any atom is 0.329 e. The molecule has 0 radical (unpaired) electrons. The first-order valence-electron chi connectivity index (χ1n) is 5.96. The van der Waals surface area contributed by atoms with E-state index in [0.29, 0.717) is 18.1 Å². The first-order valence-corrected chi connectivity index (χ1v) is 6.34. The number of carbonyl (C=O) groups is 2. The van der Waals surface area contributed by atoms with Crippen molar-refractivity contribution in [1.82, 2.24) is 10.3 Å². The fraction of sp³-hybridized carbons (Fsp3) is 0.308. The molecule has 0 saturated carbocycles. The normalized spacial score (nSPS) is 10.5. The molecule has 0 aromatic heterocycles. The highest BCUT2D eigenvalue weighted by molar-refractivity contribution is 6.35. The predicted octanol–water partition coefficient (Wildman–Crippen LogP) is 1.66. The van der Waals surface area contributed by atoms with Gasteiger partial charge in [-0.2, -0.15) is 5.10 Å². The van der Waals surface area contributed by atoms with Crippen LogP contribution < -0.4 is 5.43 Å². The SMILES string of the molecule is CCN(CC)C(=O)C(=O)N/N=C/c1ccc(Cl)cc1. The number of nitrogens with one attached hydrogen (secondary N) is 1. The molecule has 0 aliphatic heterocycles. The van der Waals surface area contributed by atoms with Crippen LogP contribution in [0.5, 0.6) is 0 Å². The average Bonchev–Trinajstić information content (AvgIpc) is 2.42. The molecule has 19 heavy (non-hydrogen) atoms. The number of rotatable bonds is 4. The van der Waals surface area contributed by atoms with E-state index in [-0.39, 0.29) is 0 Å². The van der Waals surface area contributed by atoms with Gasteiger partial charge in [-0.25, -0.2) is 5.43 Å². The predicted molar refractivity (Wildman–Crippen MR) is 75.1 cm³/mol. The van der Waals surface area contributed by atoms with Crippen molar-refractivity contribution in [2.24, 2.45) is 5.10 Å². The zero-order chi connectivity index (χ0) is 14.3. The van der Waals surface area contributed by atoms with Gasteiger partial charge in [-0.15, -0.1) is 0 Å². The molecule has 6 heteroatoms. The Morgan fingerprint density at radius 3 is 2.37 bits per heavy atom. The maximum absolute atomic E-state index is 11.6. The van der Waals surface area contributed by atoms with Crippen molar-refractivity contribution in [2.45, 2.75) is 13.8 Å². The van der Waals surface area contributed by atoms with E-state index in [4.69, 9.17) is 11.6 Å². The molecule has 0 aliphatic carbocycles. The number of likely N-dealkylation sites (N-methyl/N-ethyl adjacent to an activating group) is 1. The van der Waals surface area contributed by atoms with Gasteiger partial charge in [-0.1, -0.05) is 23.7 Å². The lowest BCUT2D eigenvalue weighted by Gasteiger charge is -2.16. The summed E-state index contributed by atoms with van der Waals surface area (Å²) in [5.74, 6) is -1.33. The molecule has 1 N–H and O–H groups in total. The second kappa shape index (κ2) is 7.53. The highest BCUT2D eigenvalue weighted by atomic mass is 35.5. The lowest BCUT2D eigenvalue weighted by atomic mass is 10.2. The Labute approximate surface area is 117 Å². The third kappa shape index (κ3) is 4.71. The minimum Gasteiger partial charge on any atom is -0.335 e. The Morgan fingerprint density at radius 2 is 1.84 bits per heavy atom. The standard InChI is InChI=1S/C13H16ClN3O2/c1-3-17(4-2)13(19)12(18)16-15-9-10-5-7-11(14)8-6-10/h5-9H,3-4H2,1-2H3,(H,16,18)/b15-9+. The molecule has 1 aromatic rings. The number of amides is 2. The van der Waals surface area contributed by atoms with Crippen LogP contribution in [0.2, 0.25) is 5.02 Å². The Bertz CT molecular complexity index is 467. The zero-order valence-corrected chi connectivity index (χ0v) is 11.6. The van der Waals surface area contributed by atoms with E-state index in [1.165, 1.54) is 11.1 Å². The summed E-state index contributed by atoms with van der Waals surface area (Å²) < 4.78 is 0. The Balaban J connectivity index is 2.54. The van der Waals surface area contributed by atoms with E-state index in [9.17, 15) is 9.59 Å². The van der Waals surface area contributed by atoms with Gasteiger partial charge in [0.1, 0.15) is 0 Å². The van der Waals surface area contributed by atoms with Crippen molar-refractivity contribution >= 4 is 29.6 Å². The summed E-state index contributed by atoms with van der Waals surface area (Å²) in [5, 5.41) is 4.35. The van der Waals surface area contributed by atoms with Gasteiger partial charge in [0, 0.05) is 18.1 Å². The van der Waals surface area contributed by atoms with E-state index < -0.39 is 11.8 Å². The molecule has 1 rings (SSSR count). The van der Waals surface area contributed by atoms with Crippen molar-refractivity contribution < 1.29 is 9.59 Å². The molecule has 0 spiro atoms. The Morgan fingerprint density at radius 1 is 1.26 bits per heavy atom. The summed E-state index contributed by atoms with van der Waals surface area (Å²) in [6.07, 6.45) is 1.45. The van der Waals surface area contributed by atoms with Gasteiger partial charge >= 0.3 is 11.8 Å². The molecule has 0 atom stereocenters. The van der Waals surface area contributed by atoms with Gasteiger partial charge in [-0.3, -0.25) is 9.59 Å². The fourth-order valence-corrected chi connectivity index (χ4v) is 1.54. The quantitative estimate of drug-likeness (QED) is 0.518. The summed E-state index contributed by atoms with van der Waals surface area (Å²) in [4.78, 5) is 24.5. The Hall–Kier alpha value is -1.88. The molecule has 0 unspecified atom stereocenters. The summed E-state index contributed by atoms with van der Waals surface area (Å²) in [5.41, 5.74) is 2.98. The van der Waals surface area contributed by atoms with Crippen molar-refractivity contribution in [2.75, 3.05) is 13.1 Å². The molecule has 0 saturated heterocycles. The highest BCUT2D eigenvalue weighted by Gasteiger charge is 2.18. The van der Waals surface area contributed by atoms with Gasteiger partial charge in [0.05, 0.1) is 6.21 Å². The summed E-state index contributed by atoms with van der Waals surface area (Å²) in [7, 11) is 0. The number of halogens is 1. The molecule has 0 aliphatic rings. The monoisotopic (exact) mass is 281 g/mol. The van der Waals surface area contributed by atoms with Gasteiger partial charge < -0.3 is 4.90 Å². The van der Waals surface area contributed by atoms with Crippen LogP contribution in [0.4, 0.5) is 0 Å². The number of hydrazone groups is 1. The number of hydrogen-bond acceptors (Lipinski definition) is 3. The molecule has 5 nitrogen and oxygen atoms in total. The van der Waals surface area contributed by atoms with Crippen LogP contribution in [0.3, 0.4) is 0 Å². The van der Waals surface area contributed by atoms with Crippen LogP contribution in [-0.2, 0) is 9.59 Å². The first-order chi connectivity index (χ1) is 9.08. The minimum absolute atomic E-state index is 0.490. The number of carbonyl (C=O) groups excluding carboxylic acids is 2. The lowest BCUT2D eigenvalue weighted by molar-refractivity contribution is -0.145. The van der Waals surface area contributed by atoms with Crippen LogP contribution >= 0.6 is 11.6 Å². The first kappa shape index (κ1) is 15.2. The van der Waals surface area contributed by atoms with E-state index in [1.54, 1.807) is 24.3 Å². The molecule has 1 aromatic carbocycles. The van der Waals surface area contributed by atoms with Crippen molar-refractivity contribution in [1.29, 1.82) is 0 Å². The van der Waals surface area contributed by atoms with Crippen LogP contribution in [0, 0.1) is 0 Å². The second-order valence-electron chi connectivity index (χ2n) is 3.73. The van der Waals surface area contributed by atoms with Crippen LogP contribution in [-0.4, -0.2) is 36.0 Å². The Kier molecular flexibility index (Phi) is 6.02. The fourth-order valence-electron chi connectivity index (χ4n) is 1.42. The molecule has 2 amide bonds. The van der Waals surface area contributed by atoms with Gasteiger partial charge in [0.25, 0.3) is 0 Å². The minimum atomic E-state index is -0.742. The van der Waals surface area contributed by atoms with E-state index >= 15 is 0 Å². The van der Waals surface area contributed by atoms with Crippen molar-refractivity contribution in [3.63, 3.8) is 0 Å². The topological polar surface area (TPSA) is 61.8 Å².